The molecule has 1 fully saturated rings. The van der Waals surface area contributed by atoms with Gasteiger partial charge in [0.1, 0.15) is 5.82 Å². The minimum Gasteiger partial charge on any atom is -0.356 e. The summed E-state index contributed by atoms with van der Waals surface area (Å²) < 4.78 is 22.0. The van der Waals surface area contributed by atoms with Crippen LogP contribution in [0.15, 0.2) is 48.7 Å². The molecular weight excluding hydrogens is 303 g/mol. The summed E-state index contributed by atoms with van der Waals surface area (Å²) >= 11 is 0. The van der Waals surface area contributed by atoms with E-state index in [0.29, 0.717) is 5.39 Å². The first-order chi connectivity index (χ1) is 11.8. The van der Waals surface area contributed by atoms with Gasteiger partial charge < -0.3 is 4.74 Å². The first-order valence-electron chi connectivity index (χ1n) is 8.33. The molecule has 0 amide bonds. The third kappa shape index (κ3) is 2.97. The highest BCUT2D eigenvalue weighted by atomic mass is 19.1. The summed E-state index contributed by atoms with van der Waals surface area (Å²) in [6.45, 7) is 0.738. The Kier molecular flexibility index (Phi) is 4.13. The van der Waals surface area contributed by atoms with E-state index in [-0.39, 0.29) is 12.0 Å². The summed E-state index contributed by atoms with van der Waals surface area (Å²) in [6, 6.07) is 13.5. The molecule has 1 aliphatic rings. The first-order valence-corrected chi connectivity index (χ1v) is 8.33. The maximum atomic E-state index is 14.4. The topological polar surface area (TPSA) is 27.1 Å². The lowest BCUT2D eigenvalue weighted by atomic mass is 10.1. The van der Waals surface area contributed by atoms with Crippen molar-refractivity contribution in [3.63, 3.8) is 0 Å². The zero-order valence-corrected chi connectivity index (χ0v) is 13.4. The van der Waals surface area contributed by atoms with Crippen molar-refractivity contribution in [1.29, 1.82) is 0 Å². The lowest BCUT2D eigenvalue weighted by Gasteiger charge is -2.23. The Bertz CT molecular complexity index is 864. The molecule has 4 rings (SSSR count). The highest BCUT2D eigenvalue weighted by Crippen LogP contribution is 2.28. The van der Waals surface area contributed by atoms with Gasteiger partial charge in [0.15, 0.2) is 6.23 Å². The van der Waals surface area contributed by atoms with Gasteiger partial charge in [-0.15, -0.1) is 0 Å². The predicted octanol–water partition coefficient (Wildman–Crippen LogP) is 5.04. The van der Waals surface area contributed by atoms with E-state index < -0.39 is 0 Å². The Labute approximate surface area is 140 Å². The number of ether oxygens (including phenoxy) is 1. The van der Waals surface area contributed by atoms with Crippen LogP contribution in [-0.2, 0) is 4.74 Å². The average molecular weight is 322 g/mol. The summed E-state index contributed by atoms with van der Waals surface area (Å²) in [4.78, 5) is 0. The Hall–Kier alpha value is -2.46. The van der Waals surface area contributed by atoms with Gasteiger partial charge in [0.2, 0.25) is 0 Å². The molecule has 3 aromatic rings. The Morgan fingerprint density at radius 2 is 1.92 bits per heavy atom. The zero-order chi connectivity index (χ0) is 16.4. The van der Waals surface area contributed by atoms with Gasteiger partial charge in [-0.2, -0.15) is 5.10 Å². The van der Waals surface area contributed by atoms with Crippen molar-refractivity contribution in [1.82, 2.24) is 9.78 Å². The van der Waals surface area contributed by atoms with E-state index in [1.165, 1.54) is 0 Å². The van der Waals surface area contributed by atoms with Crippen LogP contribution in [0.2, 0.25) is 0 Å². The number of halogens is 1. The second-order valence-corrected chi connectivity index (χ2v) is 6.09. The molecule has 0 saturated carbocycles. The number of nitrogens with zero attached hydrogens (tertiary/aromatic N) is 2. The molecule has 24 heavy (non-hydrogen) atoms. The van der Waals surface area contributed by atoms with Gasteiger partial charge in [0.25, 0.3) is 0 Å². The quantitative estimate of drug-likeness (QED) is 0.631. The average Bonchev–Trinajstić information content (AvgIpc) is 3.06. The Balaban J connectivity index is 1.71. The molecular formula is C20H19FN2O. The number of benzene rings is 2. The standard InChI is InChI=1S/C20H19FN2O/c21-18-12-16(10-9-15-6-2-1-3-7-15)13-19-17(18)14-22-23(19)20-8-4-5-11-24-20/h1-3,6-7,9-10,12-14,20H,4-5,8,11H2/b10-9+. The van der Waals surface area contributed by atoms with Gasteiger partial charge in [-0.05, 0) is 42.5 Å². The van der Waals surface area contributed by atoms with Crippen molar-refractivity contribution in [2.75, 3.05) is 6.61 Å². The molecule has 0 N–H and O–H groups in total. The van der Waals surface area contributed by atoms with Crippen LogP contribution in [0, 0.1) is 5.82 Å². The summed E-state index contributed by atoms with van der Waals surface area (Å²) in [5.74, 6) is -0.248. The van der Waals surface area contributed by atoms with Crippen LogP contribution < -0.4 is 0 Å². The minimum absolute atomic E-state index is 0.0935. The first kappa shape index (κ1) is 15.1. The second kappa shape index (κ2) is 6.57. The van der Waals surface area contributed by atoms with E-state index in [0.717, 1.165) is 42.5 Å². The van der Waals surface area contributed by atoms with Gasteiger partial charge >= 0.3 is 0 Å². The van der Waals surface area contributed by atoms with E-state index >= 15 is 0 Å². The molecule has 2 aromatic carbocycles. The molecule has 1 aromatic heterocycles. The monoisotopic (exact) mass is 322 g/mol. The van der Waals surface area contributed by atoms with E-state index in [4.69, 9.17) is 4.74 Å². The molecule has 1 atom stereocenters. The summed E-state index contributed by atoms with van der Waals surface area (Å²) in [5, 5.41) is 4.91. The van der Waals surface area contributed by atoms with Crippen molar-refractivity contribution in [2.45, 2.75) is 25.5 Å². The smallest absolute Gasteiger partial charge is 0.150 e. The number of hydrogen-bond acceptors (Lipinski definition) is 2. The maximum Gasteiger partial charge on any atom is 0.150 e. The van der Waals surface area contributed by atoms with Crippen molar-refractivity contribution in [2.24, 2.45) is 0 Å². The van der Waals surface area contributed by atoms with Gasteiger partial charge in [-0.3, -0.25) is 0 Å². The molecule has 122 valence electrons. The summed E-state index contributed by atoms with van der Waals surface area (Å²) in [6.07, 6.45) is 8.52. The van der Waals surface area contributed by atoms with Crippen molar-refractivity contribution < 1.29 is 9.13 Å². The summed E-state index contributed by atoms with van der Waals surface area (Å²) in [5.41, 5.74) is 2.69. The van der Waals surface area contributed by atoms with Crippen LogP contribution in [0.5, 0.6) is 0 Å². The molecule has 0 radical (unpaired) electrons. The van der Waals surface area contributed by atoms with E-state index in [9.17, 15) is 4.39 Å². The number of hydrogen-bond donors (Lipinski definition) is 0. The van der Waals surface area contributed by atoms with E-state index in [2.05, 4.69) is 5.10 Å². The van der Waals surface area contributed by atoms with Crippen molar-refractivity contribution in [3.05, 3.63) is 65.6 Å². The van der Waals surface area contributed by atoms with Crippen molar-refractivity contribution >= 4 is 23.1 Å². The van der Waals surface area contributed by atoms with Crippen LogP contribution in [-0.4, -0.2) is 16.4 Å². The number of fused-ring (bicyclic) bond motifs is 1. The van der Waals surface area contributed by atoms with Crippen molar-refractivity contribution in [3.8, 4) is 0 Å². The van der Waals surface area contributed by atoms with Gasteiger partial charge in [-0.25, -0.2) is 9.07 Å². The lowest BCUT2D eigenvalue weighted by molar-refractivity contribution is -0.0366. The number of rotatable bonds is 3. The molecule has 2 heterocycles. The largest absolute Gasteiger partial charge is 0.356 e. The van der Waals surface area contributed by atoms with E-state index in [1.54, 1.807) is 12.3 Å². The highest BCUT2D eigenvalue weighted by molar-refractivity contribution is 5.83. The highest BCUT2D eigenvalue weighted by Gasteiger charge is 2.19. The van der Waals surface area contributed by atoms with Gasteiger partial charge in [0.05, 0.1) is 17.1 Å². The Morgan fingerprint density at radius 1 is 1.08 bits per heavy atom. The second-order valence-electron chi connectivity index (χ2n) is 6.09. The van der Waals surface area contributed by atoms with E-state index in [1.807, 2.05) is 53.2 Å². The van der Waals surface area contributed by atoms with Gasteiger partial charge in [0, 0.05) is 6.61 Å². The molecule has 1 saturated heterocycles. The van der Waals surface area contributed by atoms with Crippen LogP contribution in [0.25, 0.3) is 23.1 Å². The SMILES string of the molecule is Fc1cc(/C=C/c2ccccc2)cc2c1cnn2C1CCCCO1. The molecule has 1 aliphatic heterocycles. The van der Waals surface area contributed by atoms with Crippen LogP contribution >= 0.6 is 0 Å². The fourth-order valence-corrected chi connectivity index (χ4v) is 3.12. The third-order valence-electron chi connectivity index (χ3n) is 4.38. The lowest BCUT2D eigenvalue weighted by Crippen LogP contribution is -2.19. The van der Waals surface area contributed by atoms with Crippen LogP contribution in [0.4, 0.5) is 4.39 Å². The predicted molar refractivity (Wildman–Crippen MR) is 93.9 cm³/mol. The molecule has 1 unspecified atom stereocenters. The minimum atomic E-state index is -0.248. The fraction of sp³-hybridized carbons (Fsp3) is 0.250. The van der Waals surface area contributed by atoms with Crippen LogP contribution in [0.3, 0.4) is 0 Å². The van der Waals surface area contributed by atoms with Gasteiger partial charge in [-0.1, -0.05) is 42.5 Å². The molecule has 0 aliphatic carbocycles. The Morgan fingerprint density at radius 3 is 2.71 bits per heavy atom. The normalized spacial score (nSPS) is 18.5. The third-order valence-corrected chi connectivity index (χ3v) is 4.38. The van der Waals surface area contributed by atoms with Crippen LogP contribution in [0.1, 0.15) is 36.6 Å². The number of aromatic nitrogens is 2. The molecule has 4 heteroatoms. The summed E-state index contributed by atoms with van der Waals surface area (Å²) in [7, 11) is 0. The zero-order valence-electron chi connectivity index (χ0n) is 13.4. The maximum absolute atomic E-state index is 14.4. The molecule has 0 bridgehead atoms. The molecule has 3 nitrogen and oxygen atoms in total. The fourth-order valence-electron chi connectivity index (χ4n) is 3.12. The molecule has 0 spiro atoms.